The van der Waals surface area contributed by atoms with Crippen LogP contribution in [0.1, 0.15) is 18.1 Å². The molecule has 156 valence electrons. The normalized spacial score (nSPS) is 13.6. The Labute approximate surface area is 196 Å². The molecule has 1 saturated heterocycles. The Morgan fingerprint density at radius 3 is 2.40 bits per heavy atom. The molecule has 1 aliphatic rings. The molecule has 2 aromatic rings. The monoisotopic (exact) mass is 528 g/mol. The van der Waals surface area contributed by atoms with Crippen LogP contribution in [-0.2, 0) is 16.2 Å². The quantitative estimate of drug-likeness (QED) is 0.323. The van der Waals surface area contributed by atoms with E-state index in [1.165, 1.54) is 6.08 Å². The number of thiocarbonyl (C=S) groups is 1. The molecule has 1 heterocycles. The van der Waals surface area contributed by atoms with Crippen LogP contribution in [0.25, 0.3) is 6.08 Å². The van der Waals surface area contributed by atoms with Gasteiger partial charge in [-0.15, -0.1) is 0 Å². The molecule has 2 N–H and O–H groups in total. The first-order valence-corrected chi connectivity index (χ1v) is 10.7. The molecule has 0 unspecified atom stereocenters. The van der Waals surface area contributed by atoms with E-state index in [4.69, 9.17) is 44.9 Å². The Morgan fingerprint density at radius 2 is 1.77 bits per heavy atom. The molecule has 0 radical (unpaired) electrons. The highest BCUT2D eigenvalue weighted by Crippen LogP contribution is 2.38. The molecular weight excluding hydrogens is 515 g/mol. The van der Waals surface area contributed by atoms with Crippen LogP contribution in [0, 0.1) is 0 Å². The zero-order chi connectivity index (χ0) is 21.8. The summed E-state index contributed by atoms with van der Waals surface area (Å²) in [5.74, 6) is -0.217. The van der Waals surface area contributed by atoms with Gasteiger partial charge in [0.2, 0.25) is 0 Å². The average Bonchev–Trinajstić information content (AvgIpc) is 2.67. The number of rotatable bonds is 6. The van der Waals surface area contributed by atoms with Crippen LogP contribution in [0.5, 0.6) is 11.5 Å². The van der Waals surface area contributed by atoms with Gasteiger partial charge < -0.3 is 9.47 Å². The first kappa shape index (κ1) is 22.6. The van der Waals surface area contributed by atoms with Gasteiger partial charge in [0.1, 0.15) is 12.2 Å². The van der Waals surface area contributed by atoms with Crippen LogP contribution in [0.15, 0.2) is 40.4 Å². The van der Waals surface area contributed by atoms with E-state index < -0.39 is 11.8 Å². The van der Waals surface area contributed by atoms with Crippen molar-refractivity contribution in [2.75, 3.05) is 6.61 Å². The number of amides is 2. The third kappa shape index (κ3) is 5.31. The van der Waals surface area contributed by atoms with Gasteiger partial charge in [0, 0.05) is 0 Å². The fraction of sp³-hybridized carbons (Fsp3) is 0.150. The molecule has 0 aromatic heterocycles. The molecule has 10 heteroatoms. The predicted octanol–water partition coefficient (Wildman–Crippen LogP) is 4.65. The summed E-state index contributed by atoms with van der Waals surface area (Å²) in [4.78, 5) is 24.2. The number of carbonyl (C=O) groups is 2. The van der Waals surface area contributed by atoms with E-state index in [2.05, 4.69) is 26.6 Å². The van der Waals surface area contributed by atoms with Crippen LogP contribution >= 0.6 is 51.3 Å². The summed E-state index contributed by atoms with van der Waals surface area (Å²) in [6, 6.07) is 8.63. The van der Waals surface area contributed by atoms with Crippen molar-refractivity contribution in [3.8, 4) is 11.5 Å². The fourth-order valence-electron chi connectivity index (χ4n) is 2.63. The fourth-order valence-corrected chi connectivity index (χ4v) is 3.71. The lowest BCUT2D eigenvalue weighted by Crippen LogP contribution is -2.51. The molecule has 0 saturated carbocycles. The molecule has 0 bridgehead atoms. The number of halogens is 3. The molecule has 30 heavy (non-hydrogen) atoms. The Bertz CT molecular complexity index is 1050. The minimum absolute atomic E-state index is 0.0237. The van der Waals surface area contributed by atoms with Gasteiger partial charge in [-0.1, -0.05) is 29.3 Å². The molecule has 2 amide bonds. The number of carbonyl (C=O) groups excluding carboxylic acids is 2. The van der Waals surface area contributed by atoms with Gasteiger partial charge in [-0.2, -0.15) is 0 Å². The van der Waals surface area contributed by atoms with Crippen molar-refractivity contribution >= 4 is 74.4 Å². The first-order chi connectivity index (χ1) is 14.3. The molecule has 1 aliphatic heterocycles. The Kier molecular flexibility index (Phi) is 7.36. The Balaban J connectivity index is 1.89. The van der Waals surface area contributed by atoms with E-state index in [1.807, 2.05) is 13.0 Å². The Hall–Kier alpha value is -2.13. The number of ether oxygens (including phenoxy) is 2. The van der Waals surface area contributed by atoms with E-state index in [9.17, 15) is 9.59 Å². The van der Waals surface area contributed by atoms with Gasteiger partial charge in [-0.3, -0.25) is 20.2 Å². The van der Waals surface area contributed by atoms with Gasteiger partial charge in [-0.05, 0) is 76.5 Å². The van der Waals surface area contributed by atoms with Crippen LogP contribution in [0.4, 0.5) is 0 Å². The average molecular weight is 530 g/mol. The molecule has 0 aliphatic carbocycles. The summed E-state index contributed by atoms with van der Waals surface area (Å²) >= 11 is 20.3. The van der Waals surface area contributed by atoms with Crippen LogP contribution < -0.4 is 20.1 Å². The molecule has 0 atom stereocenters. The lowest BCUT2D eigenvalue weighted by molar-refractivity contribution is -0.123. The zero-order valence-corrected chi connectivity index (χ0v) is 19.5. The highest BCUT2D eigenvalue weighted by atomic mass is 79.9. The third-order valence-corrected chi connectivity index (χ3v) is 5.49. The maximum absolute atomic E-state index is 12.1. The predicted molar refractivity (Wildman–Crippen MR) is 123 cm³/mol. The van der Waals surface area contributed by atoms with Gasteiger partial charge in [0.05, 0.1) is 21.1 Å². The summed E-state index contributed by atoms with van der Waals surface area (Å²) < 4.78 is 12.2. The van der Waals surface area contributed by atoms with Gasteiger partial charge in [0.15, 0.2) is 16.6 Å². The molecule has 6 nitrogen and oxygen atoms in total. The minimum Gasteiger partial charge on any atom is -0.490 e. The van der Waals surface area contributed by atoms with Crippen molar-refractivity contribution in [2.24, 2.45) is 0 Å². The highest BCUT2D eigenvalue weighted by molar-refractivity contribution is 9.10. The maximum Gasteiger partial charge on any atom is 0.263 e. The molecule has 0 spiro atoms. The third-order valence-electron chi connectivity index (χ3n) is 3.95. The summed E-state index contributed by atoms with van der Waals surface area (Å²) in [6.45, 7) is 2.47. The first-order valence-electron chi connectivity index (χ1n) is 8.70. The lowest BCUT2D eigenvalue weighted by atomic mass is 10.1. The standard InChI is InChI=1S/C20H15BrCl2N2O4S/c1-2-28-16-8-11(5-12-18(26)24-20(30)25-19(12)27)6-13(21)17(16)29-9-10-3-4-14(22)15(23)7-10/h3-8H,2,9H2,1H3,(H2,24,25,26,27,30). The van der Waals surface area contributed by atoms with E-state index in [0.717, 1.165) is 5.56 Å². The van der Waals surface area contributed by atoms with Gasteiger partial charge in [-0.25, -0.2) is 0 Å². The highest BCUT2D eigenvalue weighted by Gasteiger charge is 2.26. The van der Waals surface area contributed by atoms with Crippen molar-refractivity contribution in [2.45, 2.75) is 13.5 Å². The second kappa shape index (κ2) is 9.78. The van der Waals surface area contributed by atoms with Crippen molar-refractivity contribution in [1.29, 1.82) is 0 Å². The molecule has 3 rings (SSSR count). The Morgan fingerprint density at radius 1 is 1.07 bits per heavy atom. The minimum atomic E-state index is -0.572. The van der Waals surface area contributed by atoms with Crippen LogP contribution in [-0.4, -0.2) is 23.5 Å². The number of hydrogen-bond donors (Lipinski definition) is 2. The second-order valence-corrected chi connectivity index (χ2v) is 8.17. The largest absolute Gasteiger partial charge is 0.490 e. The van der Waals surface area contributed by atoms with Crippen molar-refractivity contribution in [3.63, 3.8) is 0 Å². The smallest absolute Gasteiger partial charge is 0.263 e. The van der Waals surface area contributed by atoms with E-state index in [0.29, 0.717) is 38.2 Å². The summed E-state index contributed by atoms with van der Waals surface area (Å²) in [6.07, 6.45) is 1.45. The van der Waals surface area contributed by atoms with Crippen molar-refractivity contribution in [3.05, 3.63) is 61.5 Å². The topological polar surface area (TPSA) is 76.7 Å². The van der Waals surface area contributed by atoms with Crippen LogP contribution in [0.2, 0.25) is 10.0 Å². The molecule has 2 aromatic carbocycles. The van der Waals surface area contributed by atoms with Gasteiger partial charge in [0.25, 0.3) is 11.8 Å². The summed E-state index contributed by atoms with van der Waals surface area (Å²) in [5.41, 5.74) is 1.33. The summed E-state index contributed by atoms with van der Waals surface area (Å²) in [7, 11) is 0. The van der Waals surface area contributed by atoms with E-state index in [-0.39, 0.29) is 17.3 Å². The van der Waals surface area contributed by atoms with Gasteiger partial charge >= 0.3 is 0 Å². The SMILES string of the molecule is CCOc1cc(C=C2C(=O)NC(=S)NC2=O)cc(Br)c1OCc1ccc(Cl)c(Cl)c1. The number of benzene rings is 2. The summed E-state index contributed by atoms with van der Waals surface area (Å²) in [5, 5.41) is 5.67. The van der Waals surface area contributed by atoms with Crippen molar-refractivity contribution in [1.82, 2.24) is 10.6 Å². The maximum atomic E-state index is 12.1. The number of hydrogen-bond acceptors (Lipinski definition) is 5. The second-order valence-electron chi connectivity index (χ2n) is 6.10. The lowest BCUT2D eigenvalue weighted by Gasteiger charge is -2.17. The van der Waals surface area contributed by atoms with Crippen LogP contribution in [0.3, 0.4) is 0 Å². The molecular formula is C20H15BrCl2N2O4S. The molecule has 1 fully saturated rings. The number of nitrogens with one attached hydrogen (secondary N) is 2. The zero-order valence-electron chi connectivity index (χ0n) is 15.6. The van der Waals surface area contributed by atoms with E-state index in [1.54, 1.807) is 24.3 Å². The van der Waals surface area contributed by atoms with E-state index >= 15 is 0 Å². The van der Waals surface area contributed by atoms with Crippen molar-refractivity contribution < 1.29 is 19.1 Å².